The number of hydrogen-bond acceptors (Lipinski definition) is 8. The van der Waals surface area contributed by atoms with Crippen molar-refractivity contribution in [1.82, 2.24) is 10.2 Å². The maximum Gasteiger partial charge on any atom is 0.301 e. The van der Waals surface area contributed by atoms with Crippen molar-refractivity contribution in [1.29, 1.82) is 0 Å². The summed E-state index contributed by atoms with van der Waals surface area (Å²) in [5, 5.41) is 20.4. The summed E-state index contributed by atoms with van der Waals surface area (Å²) >= 11 is 6.25. The van der Waals surface area contributed by atoms with Gasteiger partial charge in [-0.15, -0.1) is 10.2 Å². The van der Waals surface area contributed by atoms with Crippen molar-refractivity contribution in [2.75, 3.05) is 4.90 Å². The van der Waals surface area contributed by atoms with Gasteiger partial charge in [0.05, 0.1) is 11.6 Å². The summed E-state index contributed by atoms with van der Waals surface area (Å²) in [4.78, 5) is 28.5. The van der Waals surface area contributed by atoms with Crippen molar-refractivity contribution in [2.24, 2.45) is 0 Å². The molecule has 2 heterocycles. The van der Waals surface area contributed by atoms with Crippen LogP contribution in [0.5, 0.6) is 5.75 Å². The number of amides is 1. The minimum absolute atomic E-state index is 0.0180. The van der Waals surface area contributed by atoms with Crippen LogP contribution < -0.4 is 9.64 Å². The number of ketones is 1. The van der Waals surface area contributed by atoms with Gasteiger partial charge >= 0.3 is 5.91 Å². The molecule has 0 bridgehead atoms. The van der Waals surface area contributed by atoms with Crippen LogP contribution in [0.15, 0.2) is 111 Å². The molecule has 4 aromatic carbocycles. The molecule has 0 saturated carbocycles. The number of aryl methyl sites for hydroxylation is 2. The van der Waals surface area contributed by atoms with Crippen molar-refractivity contribution < 1.29 is 19.4 Å². The Morgan fingerprint density at radius 2 is 1.67 bits per heavy atom. The standard InChI is InChI=1S/C35H28BrN3O4S2/c1-21-9-11-23(12-10-21)20-44-35-38-37-34(45-35)39-30(26-7-4-8-27(36)18-26)29(32(41)33(39)42)31(40)25-13-15-28(16-14-25)43-19-24-6-3-5-22(2)17-24/h3-18,30,40H,19-20H2,1-2H3. The number of Topliss-reactive ketones (excluding diaryl/α,β-unsaturated/α-hetero) is 1. The van der Waals surface area contributed by atoms with Crippen molar-refractivity contribution in [3.63, 3.8) is 0 Å². The number of rotatable bonds is 9. The van der Waals surface area contributed by atoms with Crippen molar-refractivity contribution in [3.8, 4) is 5.75 Å². The number of thioether (sulfide) groups is 1. The van der Waals surface area contributed by atoms with Gasteiger partial charge in [-0.25, -0.2) is 0 Å². The molecule has 10 heteroatoms. The predicted molar refractivity (Wildman–Crippen MR) is 182 cm³/mol. The molecule has 226 valence electrons. The molecule has 1 amide bonds. The molecule has 1 aliphatic rings. The van der Waals surface area contributed by atoms with Gasteiger partial charge in [0.2, 0.25) is 5.13 Å². The van der Waals surface area contributed by atoms with Crippen LogP contribution in [0.2, 0.25) is 0 Å². The van der Waals surface area contributed by atoms with Gasteiger partial charge in [-0.3, -0.25) is 14.5 Å². The van der Waals surface area contributed by atoms with Crippen LogP contribution >= 0.6 is 39.0 Å². The minimum Gasteiger partial charge on any atom is -0.507 e. The average molecular weight is 699 g/mol. The van der Waals surface area contributed by atoms with Crippen LogP contribution in [-0.4, -0.2) is 27.0 Å². The Labute approximate surface area is 277 Å². The number of halogens is 1. The SMILES string of the molecule is Cc1ccc(CSc2nnc(N3C(=O)C(=O)C(=C(O)c4ccc(OCc5cccc(C)c5)cc4)C3c3cccc(Br)c3)s2)cc1. The number of ether oxygens (including phenoxy) is 1. The molecule has 1 N–H and O–H groups in total. The number of hydrogen-bond donors (Lipinski definition) is 1. The maximum atomic E-state index is 13.6. The second-order valence-corrected chi connectivity index (χ2v) is 13.7. The number of nitrogens with zero attached hydrogens (tertiary/aromatic N) is 3. The number of aliphatic hydroxyl groups is 1. The van der Waals surface area contributed by atoms with Crippen LogP contribution in [0.1, 0.15) is 39.4 Å². The first-order chi connectivity index (χ1) is 21.8. The quantitative estimate of drug-likeness (QED) is 0.0544. The zero-order valence-corrected chi connectivity index (χ0v) is 27.7. The Balaban J connectivity index is 1.29. The molecule has 0 aliphatic carbocycles. The largest absolute Gasteiger partial charge is 0.507 e. The molecule has 0 spiro atoms. The lowest BCUT2D eigenvalue weighted by Crippen LogP contribution is -2.29. The third-order valence-electron chi connectivity index (χ3n) is 7.31. The van der Waals surface area contributed by atoms with Crippen LogP contribution in [0, 0.1) is 13.8 Å². The molecule has 1 unspecified atom stereocenters. The highest BCUT2D eigenvalue weighted by Crippen LogP contribution is 2.44. The Morgan fingerprint density at radius 3 is 2.40 bits per heavy atom. The molecule has 1 aliphatic heterocycles. The first-order valence-corrected chi connectivity index (χ1v) is 16.7. The van der Waals surface area contributed by atoms with Crippen LogP contribution in [0.25, 0.3) is 5.76 Å². The number of aromatic nitrogens is 2. The van der Waals surface area contributed by atoms with Gasteiger partial charge in [0.25, 0.3) is 5.78 Å². The zero-order valence-electron chi connectivity index (χ0n) is 24.4. The van der Waals surface area contributed by atoms with E-state index < -0.39 is 17.7 Å². The highest BCUT2D eigenvalue weighted by molar-refractivity contribution is 9.10. The number of anilines is 1. The normalized spacial score (nSPS) is 15.9. The van der Waals surface area contributed by atoms with Gasteiger partial charge in [-0.05, 0) is 66.9 Å². The fourth-order valence-corrected chi connectivity index (χ4v) is 7.28. The summed E-state index contributed by atoms with van der Waals surface area (Å²) < 4.78 is 7.37. The number of benzene rings is 4. The first-order valence-electron chi connectivity index (χ1n) is 14.1. The predicted octanol–water partition coefficient (Wildman–Crippen LogP) is 8.42. The van der Waals surface area contributed by atoms with E-state index in [1.54, 1.807) is 24.3 Å². The molecule has 1 atom stereocenters. The number of carbonyl (C=O) groups is 2. The second kappa shape index (κ2) is 13.4. The topological polar surface area (TPSA) is 92.6 Å². The molecule has 7 nitrogen and oxygen atoms in total. The average Bonchev–Trinajstić information content (AvgIpc) is 3.61. The van der Waals surface area contributed by atoms with Gasteiger partial charge in [-0.2, -0.15) is 0 Å². The Bertz CT molecular complexity index is 1910. The fraction of sp³-hybridized carbons (Fsp3) is 0.143. The minimum atomic E-state index is -0.900. The lowest BCUT2D eigenvalue weighted by atomic mass is 9.95. The summed E-state index contributed by atoms with van der Waals surface area (Å²) in [6.45, 7) is 4.47. The van der Waals surface area contributed by atoms with E-state index in [0.29, 0.717) is 33.6 Å². The Hall–Kier alpha value is -4.25. The molecule has 5 aromatic rings. The van der Waals surface area contributed by atoms with E-state index in [0.717, 1.165) is 21.2 Å². The van der Waals surface area contributed by atoms with Gasteiger partial charge in [0.1, 0.15) is 18.1 Å². The Kier molecular flexibility index (Phi) is 9.16. The van der Waals surface area contributed by atoms with Crippen molar-refractivity contribution in [3.05, 3.63) is 140 Å². The molecule has 6 rings (SSSR count). The van der Waals surface area contributed by atoms with Gasteiger partial charge in [0, 0.05) is 15.8 Å². The van der Waals surface area contributed by atoms with E-state index in [1.165, 1.54) is 33.6 Å². The molecule has 1 fully saturated rings. The highest BCUT2D eigenvalue weighted by Gasteiger charge is 2.48. The molecule has 0 radical (unpaired) electrons. The summed E-state index contributed by atoms with van der Waals surface area (Å²) in [6, 6.07) is 29.6. The van der Waals surface area contributed by atoms with Crippen molar-refractivity contribution >= 4 is 61.6 Å². The van der Waals surface area contributed by atoms with E-state index in [4.69, 9.17) is 4.74 Å². The van der Waals surface area contributed by atoms with Crippen LogP contribution in [-0.2, 0) is 21.9 Å². The van der Waals surface area contributed by atoms with Crippen LogP contribution in [0.3, 0.4) is 0 Å². The van der Waals surface area contributed by atoms with Crippen LogP contribution in [0.4, 0.5) is 5.13 Å². The Morgan fingerprint density at radius 1 is 0.911 bits per heavy atom. The van der Waals surface area contributed by atoms with E-state index >= 15 is 0 Å². The third-order valence-corrected chi connectivity index (χ3v) is 9.93. The van der Waals surface area contributed by atoms with Gasteiger partial charge < -0.3 is 9.84 Å². The van der Waals surface area contributed by atoms with E-state index in [2.05, 4.69) is 56.5 Å². The van der Waals surface area contributed by atoms with E-state index in [-0.39, 0.29) is 16.5 Å². The number of carbonyl (C=O) groups excluding carboxylic acids is 2. The lowest BCUT2D eigenvalue weighted by molar-refractivity contribution is -0.132. The first kappa shape index (κ1) is 30.8. The monoisotopic (exact) mass is 697 g/mol. The summed E-state index contributed by atoms with van der Waals surface area (Å²) in [5.74, 6) is -0.536. The molecular weight excluding hydrogens is 670 g/mol. The lowest BCUT2D eigenvalue weighted by Gasteiger charge is -2.22. The fourth-order valence-electron chi connectivity index (χ4n) is 5.04. The van der Waals surface area contributed by atoms with E-state index in [9.17, 15) is 14.7 Å². The summed E-state index contributed by atoms with van der Waals surface area (Å²) in [6.07, 6.45) is 0. The molecule has 45 heavy (non-hydrogen) atoms. The summed E-state index contributed by atoms with van der Waals surface area (Å²) in [5.41, 5.74) is 5.55. The zero-order chi connectivity index (χ0) is 31.5. The molecule has 1 saturated heterocycles. The summed E-state index contributed by atoms with van der Waals surface area (Å²) in [7, 11) is 0. The third kappa shape index (κ3) is 6.88. The smallest absolute Gasteiger partial charge is 0.301 e. The second-order valence-electron chi connectivity index (χ2n) is 10.7. The molecule has 1 aromatic heterocycles. The highest BCUT2D eigenvalue weighted by atomic mass is 79.9. The van der Waals surface area contributed by atoms with Gasteiger partial charge in [-0.1, -0.05) is 111 Å². The maximum absolute atomic E-state index is 13.6. The van der Waals surface area contributed by atoms with Crippen molar-refractivity contribution in [2.45, 2.75) is 36.6 Å². The number of aliphatic hydroxyl groups excluding tert-OH is 1. The molecular formula is C35H28BrN3O4S2. The van der Waals surface area contributed by atoms with E-state index in [1.807, 2.05) is 56.3 Å². The van der Waals surface area contributed by atoms with Gasteiger partial charge in [0.15, 0.2) is 4.34 Å².